The molecule has 0 heterocycles. The maximum atomic E-state index is 14.4. The number of rotatable bonds is 7. The molecule has 0 aliphatic heterocycles. The Balaban J connectivity index is 2.66. The number of nitrogens with one attached hydrogen (secondary N) is 2. The molecule has 0 saturated carbocycles. The van der Waals surface area contributed by atoms with Crippen LogP contribution < -0.4 is 10.6 Å². The van der Waals surface area contributed by atoms with Crippen molar-refractivity contribution in [3.8, 4) is 0 Å². The van der Waals surface area contributed by atoms with Gasteiger partial charge in [-0.1, -0.05) is 38.5 Å². The third-order valence-corrected chi connectivity index (χ3v) is 6.63. The van der Waals surface area contributed by atoms with Crippen LogP contribution in [-0.4, -0.2) is 50.1 Å². The third-order valence-electron chi connectivity index (χ3n) is 6.63. The first-order chi connectivity index (χ1) is 17.7. The van der Waals surface area contributed by atoms with Crippen molar-refractivity contribution in [3.05, 3.63) is 58.4 Å². The molecule has 0 radical (unpaired) electrons. The normalized spacial score (nSPS) is 13.3. The maximum Gasteiger partial charge on any atom is 0.330 e. The Bertz CT molecular complexity index is 1290. The zero-order chi connectivity index (χ0) is 30.1. The van der Waals surface area contributed by atoms with Crippen molar-refractivity contribution in [1.82, 2.24) is 4.90 Å². The van der Waals surface area contributed by atoms with Crippen molar-refractivity contribution in [1.29, 1.82) is 0 Å². The average Bonchev–Trinajstić information content (AvgIpc) is 2.73. The number of carboxylic acids is 2. The van der Waals surface area contributed by atoms with Crippen molar-refractivity contribution in [2.75, 3.05) is 10.6 Å². The van der Waals surface area contributed by atoms with Crippen LogP contribution in [0.2, 0.25) is 0 Å². The van der Waals surface area contributed by atoms with Gasteiger partial charge in [0.2, 0.25) is 0 Å². The lowest BCUT2D eigenvalue weighted by atomic mass is 9.68. The molecule has 0 aromatic heterocycles. The molecular weight excluding hydrogens is 505 g/mol. The Labute approximate surface area is 228 Å². The molecule has 4 N–H and O–H groups in total. The van der Waals surface area contributed by atoms with Gasteiger partial charge in [0, 0.05) is 11.2 Å². The quantitative estimate of drug-likeness (QED) is 0.339. The molecule has 39 heavy (non-hydrogen) atoms. The van der Waals surface area contributed by atoms with Crippen molar-refractivity contribution in [3.63, 3.8) is 0 Å². The standard InChI is InChI=1S/C29H38FN3O6/c1-16-12-17(2)23(18(3)13-16)32-26(39)31-21-14-19(30)10-11-20(21)24(36)33(28(7,8)9)29(25(37)38,15-22(34)35)27(4,5)6/h10-14H,15H2,1-9H3,(H,34,35)(H,37,38)(H2,31,32,39)/t29-/m0/s1. The number of aryl methyl sites for hydroxylation is 3. The highest BCUT2D eigenvalue weighted by atomic mass is 19.1. The summed E-state index contributed by atoms with van der Waals surface area (Å²) in [6, 6.07) is 6.16. The van der Waals surface area contributed by atoms with Gasteiger partial charge in [-0.05, 0) is 76.3 Å². The van der Waals surface area contributed by atoms with E-state index in [1.165, 1.54) is 0 Å². The Morgan fingerprint density at radius 1 is 0.872 bits per heavy atom. The Morgan fingerprint density at radius 3 is 1.85 bits per heavy atom. The lowest BCUT2D eigenvalue weighted by molar-refractivity contribution is -0.169. The van der Waals surface area contributed by atoms with Crippen LogP contribution in [0.5, 0.6) is 0 Å². The Morgan fingerprint density at radius 2 is 1.41 bits per heavy atom. The summed E-state index contributed by atoms with van der Waals surface area (Å²) < 4.78 is 14.4. The number of carbonyl (C=O) groups excluding carboxylic acids is 2. The second-order valence-electron chi connectivity index (χ2n) is 11.8. The molecule has 0 spiro atoms. The number of carboxylic acid groups (broad SMARTS) is 2. The number of aliphatic carboxylic acids is 2. The minimum atomic E-state index is -2.20. The predicted octanol–water partition coefficient (Wildman–Crippen LogP) is 5.98. The van der Waals surface area contributed by atoms with E-state index < -0.39 is 52.6 Å². The molecule has 9 nitrogen and oxygen atoms in total. The first-order valence-corrected chi connectivity index (χ1v) is 12.5. The number of halogens is 1. The summed E-state index contributed by atoms with van der Waals surface area (Å²) >= 11 is 0. The maximum absolute atomic E-state index is 14.4. The zero-order valence-corrected chi connectivity index (χ0v) is 23.9. The van der Waals surface area contributed by atoms with E-state index in [2.05, 4.69) is 10.6 Å². The fourth-order valence-corrected chi connectivity index (χ4v) is 5.01. The molecule has 10 heteroatoms. The van der Waals surface area contributed by atoms with Gasteiger partial charge in [-0.25, -0.2) is 14.0 Å². The summed E-state index contributed by atoms with van der Waals surface area (Å²) in [5.74, 6) is -4.52. The third kappa shape index (κ3) is 6.55. The number of anilines is 2. The molecular formula is C29H38FN3O6. The van der Waals surface area contributed by atoms with Gasteiger partial charge >= 0.3 is 18.0 Å². The van der Waals surface area contributed by atoms with E-state index in [-0.39, 0.29) is 11.3 Å². The molecule has 2 aromatic rings. The second-order valence-corrected chi connectivity index (χ2v) is 11.8. The molecule has 0 unspecified atom stereocenters. The van der Waals surface area contributed by atoms with Crippen LogP contribution in [0, 0.1) is 32.0 Å². The molecule has 3 amide bonds. The van der Waals surface area contributed by atoms with Crippen molar-refractivity contribution < 1.29 is 33.8 Å². The summed E-state index contributed by atoms with van der Waals surface area (Å²) in [5, 5.41) is 25.4. The van der Waals surface area contributed by atoms with Crippen LogP contribution in [-0.2, 0) is 9.59 Å². The van der Waals surface area contributed by atoms with Crippen LogP contribution >= 0.6 is 0 Å². The molecule has 0 bridgehead atoms. The van der Waals surface area contributed by atoms with E-state index in [4.69, 9.17) is 0 Å². The zero-order valence-electron chi connectivity index (χ0n) is 23.9. The van der Waals surface area contributed by atoms with Crippen LogP contribution in [0.4, 0.5) is 20.6 Å². The van der Waals surface area contributed by atoms with Crippen molar-refractivity contribution in [2.24, 2.45) is 5.41 Å². The van der Waals surface area contributed by atoms with Gasteiger partial charge in [0.25, 0.3) is 5.91 Å². The van der Waals surface area contributed by atoms with E-state index in [1.807, 2.05) is 32.9 Å². The van der Waals surface area contributed by atoms with Crippen LogP contribution in [0.15, 0.2) is 30.3 Å². The summed E-state index contributed by atoms with van der Waals surface area (Å²) in [6.07, 6.45) is -0.884. The van der Waals surface area contributed by atoms with E-state index >= 15 is 0 Å². The van der Waals surface area contributed by atoms with Crippen LogP contribution in [0.3, 0.4) is 0 Å². The van der Waals surface area contributed by atoms with Gasteiger partial charge in [-0.15, -0.1) is 0 Å². The molecule has 1 atom stereocenters. The smallest absolute Gasteiger partial charge is 0.330 e. The molecule has 0 fully saturated rings. The number of hydrogen-bond donors (Lipinski definition) is 4. The molecule has 212 valence electrons. The number of amides is 3. The topological polar surface area (TPSA) is 136 Å². The largest absolute Gasteiger partial charge is 0.481 e. The van der Waals surface area contributed by atoms with E-state index in [0.29, 0.717) is 5.69 Å². The molecule has 0 aliphatic carbocycles. The number of carbonyl (C=O) groups is 4. The second kappa shape index (κ2) is 11.0. The lowest BCUT2D eigenvalue weighted by Crippen LogP contribution is -2.69. The first kappa shape index (κ1) is 31.3. The molecule has 2 aromatic carbocycles. The van der Waals surface area contributed by atoms with E-state index in [9.17, 15) is 33.8 Å². The van der Waals surface area contributed by atoms with Gasteiger partial charge in [-0.3, -0.25) is 9.59 Å². The number of urea groups is 1. The van der Waals surface area contributed by atoms with Gasteiger partial charge in [0.15, 0.2) is 5.54 Å². The highest BCUT2D eigenvalue weighted by molar-refractivity contribution is 6.08. The molecule has 0 saturated heterocycles. The summed E-state index contributed by atoms with van der Waals surface area (Å²) in [6.45, 7) is 15.0. The average molecular weight is 544 g/mol. The number of benzene rings is 2. The summed E-state index contributed by atoms with van der Waals surface area (Å²) in [5.41, 5.74) is -1.84. The van der Waals surface area contributed by atoms with Gasteiger partial charge < -0.3 is 25.7 Å². The Kier molecular flexibility index (Phi) is 8.85. The fraction of sp³-hybridized carbons (Fsp3) is 0.448. The van der Waals surface area contributed by atoms with Crippen LogP contribution in [0.25, 0.3) is 0 Å². The van der Waals surface area contributed by atoms with Gasteiger partial charge in [-0.2, -0.15) is 0 Å². The predicted molar refractivity (Wildman–Crippen MR) is 148 cm³/mol. The SMILES string of the molecule is Cc1cc(C)c(NC(=O)Nc2cc(F)ccc2C(=O)N(C(C)(C)C)[C@@](CC(=O)O)(C(=O)O)C(C)(C)C)c(C)c1. The van der Waals surface area contributed by atoms with Crippen molar-refractivity contribution >= 4 is 35.3 Å². The summed E-state index contributed by atoms with van der Waals surface area (Å²) in [7, 11) is 0. The number of hydrogen-bond acceptors (Lipinski definition) is 4. The van der Waals surface area contributed by atoms with Gasteiger partial charge in [0.05, 0.1) is 17.7 Å². The monoisotopic (exact) mass is 543 g/mol. The van der Waals surface area contributed by atoms with Gasteiger partial charge in [0.1, 0.15) is 5.82 Å². The van der Waals surface area contributed by atoms with Crippen molar-refractivity contribution in [2.45, 2.75) is 79.8 Å². The number of nitrogens with zero attached hydrogens (tertiary/aromatic N) is 1. The highest BCUT2D eigenvalue weighted by Gasteiger charge is 2.59. The summed E-state index contributed by atoms with van der Waals surface area (Å²) in [4.78, 5) is 53.0. The highest BCUT2D eigenvalue weighted by Crippen LogP contribution is 2.44. The Hall–Kier alpha value is -3.95. The lowest BCUT2D eigenvalue weighted by Gasteiger charge is -2.53. The van der Waals surface area contributed by atoms with Crippen LogP contribution in [0.1, 0.15) is 75.0 Å². The minimum Gasteiger partial charge on any atom is -0.481 e. The van der Waals surface area contributed by atoms with E-state index in [1.54, 1.807) is 41.5 Å². The van der Waals surface area contributed by atoms with E-state index in [0.717, 1.165) is 39.8 Å². The molecule has 0 aliphatic rings. The molecule has 2 rings (SSSR count). The minimum absolute atomic E-state index is 0.195. The fourth-order valence-electron chi connectivity index (χ4n) is 5.01. The first-order valence-electron chi connectivity index (χ1n) is 12.5.